The third kappa shape index (κ3) is 2.03. The summed E-state index contributed by atoms with van der Waals surface area (Å²) in [7, 11) is 3.30. The largest absolute Gasteiger partial charge is 0.493 e. The Labute approximate surface area is 124 Å². The third-order valence-electron chi connectivity index (χ3n) is 3.19. The summed E-state index contributed by atoms with van der Waals surface area (Å²) in [5.74, 6) is 1.79. The molecule has 0 bridgehead atoms. The molecule has 106 valence electrons. The molecule has 7 heteroatoms. The predicted molar refractivity (Wildman–Crippen MR) is 74.1 cm³/mol. The molecule has 0 fully saturated rings. The van der Waals surface area contributed by atoms with Crippen molar-refractivity contribution in [2.24, 2.45) is 7.05 Å². The molecule has 0 saturated carbocycles. The zero-order valence-electron chi connectivity index (χ0n) is 11.0. The van der Waals surface area contributed by atoms with E-state index in [1.165, 1.54) is 0 Å². The van der Waals surface area contributed by atoms with Gasteiger partial charge in [-0.1, -0.05) is 0 Å². The van der Waals surface area contributed by atoms with E-state index in [2.05, 4.69) is 21.0 Å². The van der Waals surface area contributed by atoms with Crippen molar-refractivity contribution in [2.75, 3.05) is 13.9 Å². The summed E-state index contributed by atoms with van der Waals surface area (Å²) in [6.07, 6.45) is 0.698. The van der Waals surface area contributed by atoms with Gasteiger partial charge >= 0.3 is 0 Å². The first-order valence-electron chi connectivity index (χ1n) is 5.94. The third-order valence-corrected chi connectivity index (χ3v) is 3.78. The minimum atomic E-state index is -0.872. The Balaban J connectivity index is 2.05. The van der Waals surface area contributed by atoms with Crippen LogP contribution in [0.25, 0.3) is 0 Å². The normalized spacial score (nSPS) is 14.4. The van der Waals surface area contributed by atoms with Crippen LogP contribution in [-0.4, -0.2) is 28.8 Å². The fourth-order valence-electron chi connectivity index (χ4n) is 2.20. The number of nitrogens with zero attached hydrogens (tertiary/aromatic N) is 2. The minimum absolute atomic E-state index is 0.183. The number of rotatable bonds is 3. The monoisotopic (exact) mass is 340 g/mol. The maximum atomic E-state index is 10.6. The molecule has 20 heavy (non-hydrogen) atoms. The molecule has 1 unspecified atom stereocenters. The van der Waals surface area contributed by atoms with E-state index in [1.807, 2.05) is 0 Å². The van der Waals surface area contributed by atoms with Gasteiger partial charge in [-0.2, -0.15) is 5.10 Å². The van der Waals surface area contributed by atoms with Crippen LogP contribution < -0.4 is 14.2 Å². The fraction of sp³-hybridized carbons (Fsp3) is 0.308. The van der Waals surface area contributed by atoms with Crippen molar-refractivity contribution >= 4 is 15.9 Å². The summed E-state index contributed by atoms with van der Waals surface area (Å²) in [6.45, 7) is 0.183. The van der Waals surface area contributed by atoms with E-state index >= 15 is 0 Å². The van der Waals surface area contributed by atoms with Crippen LogP contribution in [0.4, 0.5) is 0 Å². The number of aryl methyl sites for hydroxylation is 1. The van der Waals surface area contributed by atoms with E-state index in [0.717, 1.165) is 4.47 Å². The molecule has 0 saturated heterocycles. The maximum absolute atomic E-state index is 10.6. The number of hydrogen-bond acceptors (Lipinski definition) is 5. The molecule has 2 aromatic rings. The first-order chi connectivity index (χ1) is 9.61. The van der Waals surface area contributed by atoms with Gasteiger partial charge in [-0.15, -0.1) is 0 Å². The number of aromatic nitrogens is 2. The van der Waals surface area contributed by atoms with Gasteiger partial charge in [-0.3, -0.25) is 4.68 Å². The SMILES string of the molecule is COc1cnn(C)c1C(O)c1cc(Br)c2c(c1)OCO2. The number of methoxy groups -OCH3 is 1. The van der Waals surface area contributed by atoms with E-state index in [9.17, 15) is 5.11 Å². The molecule has 1 aromatic carbocycles. The van der Waals surface area contributed by atoms with Crippen LogP contribution in [0.2, 0.25) is 0 Å². The zero-order valence-corrected chi connectivity index (χ0v) is 12.5. The van der Waals surface area contributed by atoms with Crippen molar-refractivity contribution in [3.8, 4) is 17.2 Å². The lowest BCUT2D eigenvalue weighted by Gasteiger charge is -2.14. The van der Waals surface area contributed by atoms with E-state index in [-0.39, 0.29) is 6.79 Å². The molecule has 2 heterocycles. The summed E-state index contributed by atoms with van der Waals surface area (Å²) in [4.78, 5) is 0. The van der Waals surface area contributed by atoms with Crippen LogP contribution >= 0.6 is 15.9 Å². The van der Waals surface area contributed by atoms with Crippen LogP contribution in [0.5, 0.6) is 17.2 Å². The highest BCUT2D eigenvalue weighted by Crippen LogP contribution is 2.42. The standard InChI is InChI=1S/C13H13BrN2O4/c1-16-11(10(18-2)5-15-16)12(17)7-3-8(14)13-9(4-7)19-6-20-13/h3-5,12,17H,6H2,1-2H3. The summed E-state index contributed by atoms with van der Waals surface area (Å²) in [5, 5.41) is 14.7. The smallest absolute Gasteiger partial charge is 0.231 e. The molecular formula is C13H13BrN2O4. The van der Waals surface area contributed by atoms with Gasteiger partial charge in [-0.25, -0.2) is 0 Å². The van der Waals surface area contributed by atoms with Crippen LogP contribution in [0.1, 0.15) is 17.4 Å². The van der Waals surface area contributed by atoms with Crippen molar-refractivity contribution in [2.45, 2.75) is 6.10 Å². The highest BCUT2D eigenvalue weighted by atomic mass is 79.9. The molecule has 3 rings (SSSR count). The number of aliphatic hydroxyl groups is 1. The van der Waals surface area contributed by atoms with Gasteiger partial charge in [0, 0.05) is 7.05 Å². The van der Waals surface area contributed by atoms with Gasteiger partial charge < -0.3 is 19.3 Å². The maximum Gasteiger partial charge on any atom is 0.231 e. The number of hydrogen-bond donors (Lipinski definition) is 1. The molecule has 1 N–H and O–H groups in total. The molecule has 1 atom stereocenters. The Morgan fingerprint density at radius 3 is 3.00 bits per heavy atom. The first kappa shape index (κ1) is 13.3. The summed E-state index contributed by atoms with van der Waals surface area (Å²) in [5.41, 5.74) is 1.25. The molecule has 0 radical (unpaired) electrons. The van der Waals surface area contributed by atoms with E-state index in [1.54, 1.807) is 37.2 Å². The van der Waals surface area contributed by atoms with Gasteiger partial charge in [0.15, 0.2) is 17.2 Å². The van der Waals surface area contributed by atoms with E-state index < -0.39 is 6.10 Å². The molecule has 0 spiro atoms. The van der Waals surface area contributed by atoms with Crippen molar-refractivity contribution in [1.29, 1.82) is 0 Å². The number of ether oxygens (including phenoxy) is 3. The second-order valence-electron chi connectivity index (χ2n) is 4.36. The highest BCUT2D eigenvalue weighted by Gasteiger charge is 2.25. The molecular weight excluding hydrogens is 328 g/mol. The van der Waals surface area contributed by atoms with Crippen molar-refractivity contribution in [3.05, 3.63) is 34.1 Å². The molecule has 1 aliphatic rings. The lowest BCUT2D eigenvalue weighted by atomic mass is 10.1. The number of halogens is 1. The van der Waals surface area contributed by atoms with Crippen molar-refractivity contribution in [1.82, 2.24) is 9.78 Å². The lowest BCUT2D eigenvalue weighted by Crippen LogP contribution is -2.08. The number of aliphatic hydroxyl groups excluding tert-OH is 1. The molecule has 0 amide bonds. The summed E-state index contributed by atoms with van der Waals surface area (Å²) < 4.78 is 18.2. The molecule has 1 aromatic heterocycles. The Kier molecular flexibility index (Phi) is 3.31. The topological polar surface area (TPSA) is 65.7 Å². The second kappa shape index (κ2) is 4.99. The van der Waals surface area contributed by atoms with Crippen LogP contribution in [0.15, 0.2) is 22.8 Å². The van der Waals surface area contributed by atoms with Crippen LogP contribution in [0, 0.1) is 0 Å². The van der Waals surface area contributed by atoms with E-state index in [0.29, 0.717) is 28.5 Å². The second-order valence-corrected chi connectivity index (χ2v) is 5.22. The van der Waals surface area contributed by atoms with Crippen LogP contribution in [0.3, 0.4) is 0 Å². The van der Waals surface area contributed by atoms with Gasteiger partial charge in [-0.05, 0) is 33.6 Å². The zero-order chi connectivity index (χ0) is 14.3. The number of fused-ring (bicyclic) bond motifs is 1. The predicted octanol–water partition coefficient (Wildman–Crippen LogP) is 2.00. The first-order valence-corrected chi connectivity index (χ1v) is 6.74. The molecule has 6 nitrogen and oxygen atoms in total. The Hall–Kier alpha value is -1.73. The van der Waals surface area contributed by atoms with Gasteiger partial charge in [0.2, 0.25) is 6.79 Å². The number of benzene rings is 1. The van der Waals surface area contributed by atoms with Crippen molar-refractivity contribution < 1.29 is 19.3 Å². The highest BCUT2D eigenvalue weighted by molar-refractivity contribution is 9.10. The average Bonchev–Trinajstić information content (AvgIpc) is 3.04. The Bertz CT molecular complexity index is 656. The van der Waals surface area contributed by atoms with Gasteiger partial charge in [0.1, 0.15) is 11.8 Å². The van der Waals surface area contributed by atoms with Gasteiger partial charge in [0.25, 0.3) is 0 Å². The summed E-state index contributed by atoms with van der Waals surface area (Å²) >= 11 is 3.41. The van der Waals surface area contributed by atoms with Crippen LogP contribution in [-0.2, 0) is 7.05 Å². The van der Waals surface area contributed by atoms with E-state index in [4.69, 9.17) is 14.2 Å². The molecule has 1 aliphatic heterocycles. The van der Waals surface area contributed by atoms with Crippen molar-refractivity contribution in [3.63, 3.8) is 0 Å². The minimum Gasteiger partial charge on any atom is -0.493 e. The Morgan fingerprint density at radius 1 is 1.45 bits per heavy atom. The fourth-order valence-corrected chi connectivity index (χ4v) is 2.77. The summed E-state index contributed by atoms with van der Waals surface area (Å²) in [6, 6.07) is 3.55. The van der Waals surface area contributed by atoms with Gasteiger partial charge in [0.05, 0.1) is 17.8 Å². The quantitative estimate of drug-likeness (QED) is 0.925. The molecule has 0 aliphatic carbocycles. The lowest BCUT2D eigenvalue weighted by molar-refractivity contribution is 0.173. The average molecular weight is 341 g/mol. The Morgan fingerprint density at radius 2 is 2.25 bits per heavy atom.